The van der Waals surface area contributed by atoms with Gasteiger partial charge in [0, 0.05) is 47.4 Å². The molecule has 0 aliphatic carbocycles. The largest absolute Gasteiger partial charge is 0.370 e. The summed E-state index contributed by atoms with van der Waals surface area (Å²) in [5, 5.41) is 6.64. The van der Waals surface area contributed by atoms with Gasteiger partial charge in [-0.3, -0.25) is 4.21 Å². The molecule has 1 aromatic rings. The molecule has 1 rings (SSSR count). The van der Waals surface area contributed by atoms with Crippen LogP contribution < -0.4 is 10.6 Å². The topological polar surface area (TPSA) is 66.9 Å². The summed E-state index contributed by atoms with van der Waals surface area (Å²) in [6, 6.07) is 1.91. The molecule has 20 heavy (non-hydrogen) atoms. The molecule has 0 aliphatic rings. The summed E-state index contributed by atoms with van der Waals surface area (Å²) in [6.45, 7) is 9.77. The lowest BCUT2D eigenvalue weighted by molar-refractivity contribution is 0.678. The van der Waals surface area contributed by atoms with Gasteiger partial charge >= 0.3 is 0 Å². The molecular formula is C14H26N4OS. The molecule has 1 aromatic heterocycles. The Balaban J connectivity index is 2.82. The summed E-state index contributed by atoms with van der Waals surface area (Å²) < 4.78 is 11.4. The van der Waals surface area contributed by atoms with E-state index in [0.29, 0.717) is 6.54 Å². The van der Waals surface area contributed by atoms with Gasteiger partial charge in [0.05, 0.1) is 0 Å². The molecule has 2 unspecified atom stereocenters. The first-order valence-corrected chi connectivity index (χ1v) is 8.75. The highest BCUT2D eigenvalue weighted by Gasteiger charge is 2.10. The first-order chi connectivity index (χ1) is 9.43. The van der Waals surface area contributed by atoms with Crippen molar-refractivity contribution in [1.82, 2.24) is 9.97 Å². The zero-order chi connectivity index (χ0) is 15.1. The van der Waals surface area contributed by atoms with Crippen LogP contribution in [0.3, 0.4) is 0 Å². The fourth-order valence-corrected chi connectivity index (χ4v) is 1.84. The minimum absolute atomic E-state index is 0.0968. The molecule has 0 fully saturated rings. The summed E-state index contributed by atoms with van der Waals surface area (Å²) in [5.41, 5.74) is 0. The van der Waals surface area contributed by atoms with Crippen molar-refractivity contribution in [3.8, 4) is 0 Å². The Labute approximate surface area is 124 Å². The third-order valence-electron chi connectivity index (χ3n) is 2.95. The summed E-state index contributed by atoms with van der Waals surface area (Å²) in [4.78, 5) is 9.02. The smallest absolute Gasteiger partial charge is 0.135 e. The number of hydrogen-bond donors (Lipinski definition) is 2. The molecule has 0 bridgehead atoms. The Kier molecular flexibility index (Phi) is 6.91. The van der Waals surface area contributed by atoms with Crippen LogP contribution >= 0.6 is 0 Å². The molecule has 0 aliphatic heterocycles. The fraction of sp³-hybridized carbons (Fsp3) is 0.714. The normalized spacial score (nSPS) is 14.1. The number of hydrogen-bond acceptors (Lipinski definition) is 5. The lowest BCUT2D eigenvalue weighted by atomic mass is 10.2. The van der Waals surface area contributed by atoms with E-state index in [9.17, 15) is 4.21 Å². The maximum Gasteiger partial charge on any atom is 0.135 e. The first kappa shape index (κ1) is 16.9. The van der Waals surface area contributed by atoms with Crippen LogP contribution in [-0.4, -0.2) is 38.8 Å². The van der Waals surface area contributed by atoms with Crippen LogP contribution in [0, 0.1) is 0 Å². The van der Waals surface area contributed by atoms with E-state index in [1.165, 1.54) is 0 Å². The molecule has 6 heteroatoms. The van der Waals surface area contributed by atoms with Gasteiger partial charge in [-0.15, -0.1) is 0 Å². The number of anilines is 2. The second-order valence-electron chi connectivity index (χ2n) is 5.27. The molecule has 114 valence electrons. The van der Waals surface area contributed by atoms with Crippen molar-refractivity contribution < 1.29 is 4.21 Å². The van der Waals surface area contributed by atoms with Crippen molar-refractivity contribution in [2.75, 3.05) is 30.0 Å². The Bertz CT molecular complexity index is 451. The average Bonchev–Trinajstić information content (AvgIpc) is 2.42. The second kappa shape index (κ2) is 8.19. The third kappa shape index (κ3) is 5.45. The Morgan fingerprint density at radius 1 is 1.20 bits per heavy atom. The maximum absolute atomic E-state index is 11.4. The Morgan fingerprint density at radius 3 is 2.30 bits per heavy atom. The molecule has 0 saturated heterocycles. The quantitative estimate of drug-likeness (QED) is 0.772. The van der Waals surface area contributed by atoms with Gasteiger partial charge in [-0.2, -0.15) is 0 Å². The summed E-state index contributed by atoms with van der Waals surface area (Å²) in [5.74, 6) is 2.73. The SMILES string of the molecule is CCCNc1cc(NCC(C)S(C)=O)nc(C(C)C)n1. The molecule has 2 N–H and O–H groups in total. The van der Waals surface area contributed by atoms with E-state index in [4.69, 9.17) is 0 Å². The van der Waals surface area contributed by atoms with Crippen LogP contribution in [0.25, 0.3) is 0 Å². The highest BCUT2D eigenvalue weighted by molar-refractivity contribution is 7.84. The molecule has 0 spiro atoms. The van der Waals surface area contributed by atoms with Crippen molar-refractivity contribution in [3.63, 3.8) is 0 Å². The molecular weight excluding hydrogens is 272 g/mol. The standard InChI is InChI=1S/C14H26N4OS/c1-6-7-15-12-8-13(16-9-11(4)20(5)19)18-14(17-12)10(2)3/h8,10-11H,6-7,9H2,1-5H3,(H2,15,16,17,18). The lowest BCUT2D eigenvalue weighted by Crippen LogP contribution is -2.21. The predicted molar refractivity (Wildman–Crippen MR) is 86.9 cm³/mol. The zero-order valence-corrected chi connectivity index (χ0v) is 13.9. The van der Waals surface area contributed by atoms with E-state index < -0.39 is 10.8 Å². The van der Waals surface area contributed by atoms with Gasteiger partial charge in [0.1, 0.15) is 17.5 Å². The van der Waals surface area contributed by atoms with Gasteiger partial charge < -0.3 is 10.6 Å². The van der Waals surface area contributed by atoms with Crippen LogP contribution in [0.4, 0.5) is 11.6 Å². The van der Waals surface area contributed by atoms with Gasteiger partial charge in [-0.25, -0.2) is 9.97 Å². The predicted octanol–water partition coefficient (Wildman–Crippen LogP) is 2.60. The molecule has 0 saturated carbocycles. The molecule has 0 aromatic carbocycles. The number of nitrogens with one attached hydrogen (secondary N) is 2. The van der Waals surface area contributed by atoms with E-state index in [0.717, 1.165) is 30.4 Å². The number of aromatic nitrogens is 2. The van der Waals surface area contributed by atoms with Crippen molar-refractivity contribution >= 4 is 22.4 Å². The molecule has 2 atom stereocenters. The molecule has 0 amide bonds. The fourth-order valence-electron chi connectivity index (χ4n) is 1.52. The second-order valence-corrected chi connectivity index (χ2v) is 7.07. The molecule has 0 radical (unpaired) electrons. The van der Waals surface area contributed by atoms with Crippen LogP contribution in [0.5, 0.6) is 0 Å². The number of rotatable bonds is 8. The third-order valence-corrected chi connectivity index (χ3v) is 4.25. The van der Waals surface area contributed by atoms with Gasteiger partial charge in [0.25, 0.3) is 0 Å². The van der Waals surface area contributed by atoms with Crippen molar-refractivity contribution in [1.29, 1.82) is 0 Å². The summed E-state index contributed by atoms with van der Waals surface area (Å²) in [6.07, 6.45) is 2.77. The Hall–Kier alpha value is -1.17. The van der Waals surface area contributed by atoms with Gasteiger partial charge in [-0.05, 0) is 13.3 Å². The van der Waals surface area contributed by atoms with E-state index >= 15 is 0 Å². The zero-order valence-electron chi connectivity index (χ0n) is 13.1. The van der Waals surface area contributed by atoms with Crippen molar-refractivity contribution in [2.45, 2.75) is 45.3 Å². The summed E-state index contributed by atoms with van der Waals surface area (Å²) in [7, 11) is -0.830. The lowest BCUT2D eigenvalue weighted by Gasteiger charge is -2.14. The van der Waals surface area contributed by atoms with Crippen LogP contribution in [0.15, 0.2) is 6.07 Å². The van der Waals surface area contributed by atoms with Gasteiger partial charge in [-0.1, -0.05) is 20.8 Å². The van der Waals surface area contributed by atoms with Crippen LogP contribution in [0.1, 0.15) is 45.9 Å². The highest BCUT2D eigenvalue weighted by atomic mass is 32.2. The summed E-state index contributed by atoms with van der Waals surface area (Å²) >= 11 is 0. The van der Waals surface area contributed by atoms with Crippen LogP contribution in [-0.2, 0) is 10.8 Å². The van der Waals surface area contributed by atoms with E-state index in [-0.39, 0.29) is 11.2 Å². The maximum atomic E-state index is 11.4. The number of nitrogens with zero attached hydrogens (tertiary/aromatic N) is 2. The van der Waals surface area contributed by atoms with Crippen LogP contribution in [0.2, 0.25) is 0 Å². The van der Waals surface area contributed by atoms with Gasteiger partial charge in [0.15, 0.2) is 0 Å². The van der Waals surface area contributed by atoms with Crippen molar-refractivity contribution in [3.05, 3.63) is 11.9 Å². The molecule has 5 nitrogen and oxygen atoms in total. The molecule has 1 heterocycles. The van der Waals surface area contributed by atoms with Gasteiger partial charge in [0.2, 0.25) is 0 Å². The first-order valence-electron chi connectivity index (χ1n) is 7.13. The monoisotopic (exact) mass is 298 g/mol. The minimum atomic E-state index is -0.830. The van der Waals surface area contributed by atoms with E-state index in [1.807, 2.05) is 13.0 Å². The average molecular weight is 298 g/mol. The van der Waals surface area contributed by atoms with E-state index in [2.05, 4.69) is 41.4 Å². The minimum Gasteiger partial charge on any atom is -0.370 e. The van der Waals surface area contributed by atoms with E-state index in [1.54, 1.807) is 6.26 Å². The highest BCUT2D eigenvalue weighted by Crippen LogP contribution is 2.17. The Morgan fingerprint density at radius 2 is 1.80 bits per heavy atom. The van der Waals surface area contributed by atoms with Crippen molar-refractivity contribution in [2.24, 2.45) is 0 Å².